The first-order valence-electron chi connectivity index (χ1n) is 6.25. The van der Waals surface area contributed by atoms with Crippen LogP contribution >= 0.6 is 0 Å². The summed E-state index contributed by atoms with van der Waals surface area (Å²) in [4.78, 5) is 0. The van der Waals surface area contributed by atoms with Crippen LogP contribution in [0.3, 0.4) is 0 Å². The van der Waals surface area contributed by atoms with E-state index in [1.807, 2.05) is 20.8 Å². The molecule has 0 aliphatic rings. The van der Waals surface area contributed by atoms with Crippen LogP contribution in [-0.2, 0) is 6.54 Å². The number of benzene rings is 1. The number of alkyl halides is 1. The molecule has 0 heterocycles. The van der Waals surface area contributed by atoms with E-state index in [9.17, 15) is 13.2 Å². The van der Waals surface area contributed by atoms with Crippen LogP contribution in [0.2, 0.25) is 0 Å². The van der Waals surface area contributed by atoms with Gasteiger partial charge in [-0.1, -0.05) is 0 Å². The van der Waals surface area contributed by atoms with Crippen molar-refractivity contribution < 1.29 is 17.9 Å². The molecule has 0 radical (unpaired) electrons. The first kappa shape index (κ1) is 15.8. The molecule has 0 bridgehead atoms. The number of nitrogens with one attached hydrogen (secondary N) is 1. The van der Waals surface area contributed by atoms with Gasteiger partial charge in [-0.2, -0.15) is 0 Å². The fourth-order valence-electron chi connectivity index (χ4n) is 1.45. The van der Waals surface area contributed by atoms with Crippen molar-refractivity contribution in [1.82, 2.24) is 5.32 Å². The summed E-state index contributed by atoms with van der Waals surface area (Å²) >= 11 is 0. The molecule has 2 nitrogen and oxygen atoms in total. The number of ether oxygens (including phenoxy) is 1. The standard InChI is InChI=1S/C14H20F3NO/c1-14(2,3)18-9-10-7-11(16)13(12(17)8-10)19-6-4-5-15/h7-8,18H,4-6,9H2,1-3H3. The second-order valence-corrected chi connectivity index (χ2v) is 5.38. The fraction of sp³-hybridized carbons (Fsp3) is 0.571. The zero-order chi connectivity index (χ0) is 14.5. The molecule has 0 atom stereocenters. The molecule has 5 heteroatoms. The minimum Gasteiger partial charge on any atom is -0.488 e. The Morgan fingerprint density at radius 3 is 2.21 bits per heavy atom. The highest BCUT2D eigenvalue weighted by Gasteiger charge is 2.14. The number of hydrogen-bond acceptors (Lipinski definition) is 2. The summed E-state index contributed by atoms with van der Waals surface area (Å²) in [6, 6.07) is 2.46. The Hall–Kier alpha value is -1.23. The number of halogens is 3. The SMILES string of the molecule is CC(C)(C)NCc1cc(F)c(OCCCF)c(F)c1. The maximum atomic E-state index is 13.7. The van der Waals surface area contributed by atoms with Gasteiger partial charge in [0.25, 0.3) is 0 Å². The van der Waals surface area contributed by atoms with Gasteiger partial charge in [-0.15, -0.1) is 0 Å². The third-order valence-corrected chi connectivity index (χ3v) is 2.41. The Labute approximate surface area is 112 Å². The summed E-state index contributed by atoms with van der Waals surface area (Å²) in [6.07, 6.45) is 0.117. The molecule has 1 aromatic rings. The summed E-state index contributed by atoms with van der Waals surface area (Å²) in [5.74, 6) is -1.96. The smallest absolute Gasteiger partial charge is 0.190 e. The largest absolute Gasteiger partial charge is 0.488 e. The fourth-order valence-corrected chi connectivity index (χ4v) is 1.45. The number of hydrogen-bond donors (Lipinski definition) is 1. The maximum absolute atomic E-state index is 13.7. The van der Waals surface area contributed by atoms with Crippen LogP contribution in [0.5, 0.6) is 5.75 Å². The Bertz CT molecular complexity index is 393. The predicted octanol–water partition coefficient (Wildman–Crippen LogP) is 3.59. The third kappa shape index (κ3) is 5.51. The van der Waals surface area contributed by atoms with Crippen LogP contribution in [0.25, 0.3) is 0 Å². The molecule has 0 fully saturated rings. The molecule has 0 saturated heterocycles. The van der Waals surface area contributed by atoms with Gasteiger partial charge < -0.3 is 10.1 Å². The lowest BCUT2D eigenvalue weighted by Gasteiger charge is -2.20. The van der Waals surface area contributed by atoms with Crippen molar-refractivity contribution in [3.8, 4) is 5.75 Å². The molecule has 1 rings (SSSR count). The molecule has 19 heavy (non-hydrogen) atoms. The van der Waals surface area contributed by atoms with Crippen LogP contribution in [0.15, 0.2) is 12.1 Å². The minimum atomic E-state index is -0.760. The highest BCUT2D eigenvalue weighted by atomic mass is 19.1. The van der Waals surface area contributed by atoms with Crippen molar-refractivity contribution >= 4 is 0 Å². The molecule has 0 aliphatic heterocycles. The van der Waals surface area contributed by atoms with Crippen LogP contribution < -0.4 is 10.1 Å². The highest BCUT2D eigenvalue weighted by molar-refractivity contribution is 5.31. The molecule has 108 valence electrons. The zero-order valence-corrected chi connectivity index (χ0v) is 11.5. The van der Waals surface area contributed by atoms with Gasteiger partial charge in [0.05, 0.1) is 13.3 Å². The zero-order valence-electron chi connectivity index (χ0n) is 11.5. The normalized spacial score (nSPS) is 11.7. The Balaban J connectivity index is 2.73. The molecular weight excluding hydrogens is 255 g/mol. The summed E-state index contributed by atoms with van der Waals surface area (Å²) < 4.78 is 44.1. The second kappa shape index (κ2) is 6.80. The van der Waals surface area contributed by atoms with E-state index in [2.05, 4.69) is 5.32 Å². The molecule has 0 unspecified atom stereocenters. The van der Waals surface area contributed by atoms with Crippen molar-refractivity contribution in [2.45, 2.75) is 39.3 Å². The molecule has 0 aliphatic carbocycles. The van der Waals surface area contributed by atoms with Gasteiger partial charge in [-0.05, 0) is 38.5 Å². The van der Waals surface area contributed by atoms with Crippen molar-refractivity contribution in [3.05, 3.63) is 29.3 Å². The van der Waals surface area contributed by atoms with Gasteiger partial charge in [0.2, 0.25) is 0 Å². The van der Waals surface area contributed by atoms with E-state index in [0.29, 0.717) is 12.1 Å². The van der Waals surface area contributed by atoms with E-state index >= 15 is 0 Å². The second-order valence-electron chi connectivity index (χ2n) is 5.38. The van der Waals surface area contributed by atoms with E-state index in [1.54, 1.807) is 0 Å². The molecule has 0 aromatic heterocycles. The lowest BCUT2D eigenvalue weighted by molar-refractivity contribution is 0.264. The molecule has 1 aromatic carbocycles. The first-order chi connectivity index (χ1) is 8.83. The quantitative estimate of drug-likeness (QED) is 0.801. The topological polar surface area (TPSA) is 21.3 Å². The monoisotopic (exact) mass is 275 g/mol. The molecule has 0 amide bonds. The first-order valence-corrected chi connectivity index (χ1v) is 6.25. The van der Waals surface area contributed by atoms with Gasteiger partial charge >= 0.3 is 0 Å². The average Bonchev–Trinajstić information content (AvgIpc) is 2.29. The summed E-state index contributed by atoms with van der Waals surface area (Å²) in [5, 5.41) is 3.14. The van der Waals surface area contributed by atoms with Crippen molar-refractivity contribution in [2.75, 3.05) is 13.3 Å². The van der Waals surface area contributed by atoms with Crippen molar-refractivity contribution in [1.29, 1.82) is 0 Å². The van der Waals surface area contributed by atoms with E-state index < -0.39 is 24.1 Å². The Kier molecular flexibility index (Phi) is 5.66. The Morgan fingerprint density at radius 2 is 1.74 bits per heavy atom. The van der Waals surface area contributed by atoms with Crippen LogP contribution in [0.4, 0.5) is 13.2 Å². The molecule has 0 spiro atoms. The predicted molar refractivity (Wildman–Crippen MR) is 69.0 cm³/mol. The summed E-state index contributed by atoms with van der Waals surface area (Å²) in [5.41, 5.74) is 0.367. The van der Waals surface area contributed by atoms with E-state index in [1.165, 1.54) is 12.1 Å². The lowest BCUT2D eigenvalue weighted by atomic mass is 10.1. The van der Waals surface area contributed by atoms with Gasteiger partial charge in [0, 0.05) is 18.5 Å². The van der Waals surface area contributed by atoms with Gasteiger partial charge in [-0.3, -0.25) is 4.39 Å². The molecular formula is C14H20F3NO. The molecule has 0 saturated carbocycles. The van der Waals surface area contributed by atoms with E-state index in [-0.39, 0.29) is 18.6 Å². The van der Waals surface area contributed by atoms with Crippen molar-refractivity contribution in [2.24, 2.45) is 0 Å². The molecule has 1 N–H and O–H groups in total. The highest BCUT2D eigenvalue weighted by Crippen LogP contribution is 2.23. The van der Waals surface area contributed by atoms with Crippen LogP contribution in [-0.4, -0.2) is 18.8 Å². The van der Waals surface area contributed by atoms with Gasteiger partial charge in [0.1, 0.15) is 0 Å². The van der Waals surface area contributed by atoms with E-state index in [0.717, 1.165) is 0 Å². The van der Waals surface area contributed by atoms with Crippen molar-refractivity contribution in [3.63, 3.8) is 0 Å². The summed E-state index contributed by atoms with van der Waals surface area (Å²) in [6.45, 7) is 5.65. The number of rotatable bonds is 6. The van der Waals surface area contributed by atoms with Crippen LogP contribution in [0, 0.1) is 11.6 Å². The maximum Gasteiger partial charge on any atom is 0.190 e. The van der Waals surface area contributed by atoms with Gasteiger partial charge in [-0.25, -0.2) is 8.78 Å². The third-order valence-electron chi connectivity index (χ3n) is 2.41. The summed E-state index contributed by atoms with van der Waals surface area (Å²) in [7, 11) is 0. The van der Waals surface area contributed by atoms with Gasteiger partial charge in [0.15, 0.2) is 17.4 Å². The average molecular weight is 275 g/mol. The minimum absolute atomic E-state index is 0.0378. The lowest BCUT2D eigenvalue weighted by Crippen LogP contribution is -2.35. The van der Waals surface area contributed by atoms with Crippen LogP contribution in [0.1, 0.15) is 32.8 Å². The van der Waals surface area contributed by atoms with E-state index in [4.69, 9.17) is 4.74 Å². The Morgan fingerprint density at radius 1 is 1.16 bits per heavy atom.